The Kier molecular flexibility index (Phi) is 4.29. The van der Waals surface area contributed by atoms with Gasteiger partial charge in [-0.15, -0.1) is 0 Å². The van der Waals surface area contributed by atoms with Crippen LogP contribution in [-0.4, -0.2) is 27.5 Å². The van der Waals surface area contributed by atoms with Gasteiger partial charge < -0.3 is 5.32 Å². The fourth-order valence-electron chi connectivity index (χ4n) is 1.93. The number of halogens is 4. The molecule has 0 amide bonds. The molecule has 1 heterocycles. The maximum Gasteiger partial charge on any atom is 0.417 e. The summed E-state index contributed by atoms with van der Waals surface area (Å²) in [4.78, 5) is -0.443. The molecule has 20 heavy (non-hydrogen) atoms. The normalized spacial score (nSPS) is 20.3. The van der Waals surface area contributed by atoms with Crippen molar-refractivity contribution >= 4 is 21.6 Å². The first-order chi connectivity index (χ1) is 9.20. The largest absolute Gasteiger partial charge is 0.417 e. The van der Waals surface area contributed by atoms with Crippen molar-refractivity contribution in [1.29, 1.82) is 0 Å². The van der Waals surface area contributed by atoms with Gasteiger partial charge in [-0.1, -0.05) is 11.6 Å². The quantitative estimate of drug-likeness (QED) is 0.892. The molecule has 4 nitrogen and oxygen atoms in total. The first-order valence-electron chi connectivity index (χ1n) is 5.80. The fraction of sp³-hybridized carbons (Fsp3) is 0.455. The van der Waals surface area contributed by atoms with E-state index in [1.807, 2.05) is 0 Å². The zero-order chi connectivity index (χ0) is 15.0. The molecule has 1 aliphatic rings. The van der Waals surface area contributed by atoms with E-state index in [4.69, 9.17) is 11.6 Å². The van der Waals surface area contributed by atoms with Crippen molar-refractivity contribution in [2.24, 2.45) is 0 Å². The average Bonchev–Trinajstić information content (AvgIpc) is 2.79. The SMILES string of the molecule is O=S(=O)(NC1CCNC1)c1ccc(Cl)c(C(F)(F)F)c1. The lowest BCUT2D eigenvalue weighted by molar-refractivity contribution is -0.137. The molecular formula is C11H12ClF3N2O2S. The number of rotatable bonds is 3. The monoisotopic (exact) mass is 328 g/mol. The Bertz CT molecular complexity index is 598. The molecule has 0 aliphatic carbocycles. The summed E-state index contributed by atoms with van der Waals surface area (Å²) in [7, 11) is -3.99. The van der Waals surface area contributed by atoms with Gasteiger partial charge in [0.15, 0.2) is 0 Å². The molecule has 2 rings (SSSR count). The summed E-state index contributed by atoms with van der Waals surface area (Å²) in [5.74, 6) is 0. The number of benzene rings is 1. The van der Waals surface area contributed by atoms with Crippen LogP contribution in [0.5, 0.6) is 0 Å². The highest BCUT2D eigenvalue weighted by atomic mass is 35.5. The third kappa shape index (κ3) is 3.43. The van der Waals surface area contributed by atoms with Gasteiger partial charge in [-0.25, -0.2) is 13.1 Å². The van der Waals surface area contributed by atoms with E-state index in [9.17, 15) is 21.6 Å². The van der Waals surface area contributed by atoms with E-state index < -0.39 is 31.7 Å². The summed E-state index contributed by atoms with van der Waals surface area (Å²) in [6.45, 7) is 1.13. The maximum atomic E-state index is 12.7. The zero-order valence-electron chi connectivity index (χ0n) is 10.2. The minimum absolute atomic E-state index is 0.315. The summed E-state index contributed by atoms with van der Waals surface area (Å²) >= 11 is 5.46. The lowest BCUT2D eigenvalue weighted by atomic mass is 10.2. The van der Waals surface area contributed by atoms with Crippen LogP contribution in [-0.2, 0) is 16.2 Å². The molecule has 0 saturated carbocycles. The van der Waals surface area contributed by atoms with Crippen molar-refractivity contribution in [3.8, 4) is 0 Å². The highest BCUT2D eigenvalue weighted by Crippen LogP contribution is 2.35. The van der Waals surface area contributed by atoms with E-state index in [0.29, 0.717) is 25.6 Å². The third-order valence-electron chi connectivity index (χ3n) is 2.94. The molecule has 1 fully saturated rings. The molecule has 1 saturated heterocycles. The van der Waals surface area contributed by atoms with Gasteiger partial charge in [0.25, 0.3) is 0 Å². The van der Waals surface area contributed by atoms with Crippen LogP contribution in [0.15, 0.2) is 23.1 Å². The summed E-state index contributed by atoms with van der Waals surface area (Å²) in [6, 6.07) is 2.23. The first-order valence-corrected chi connectivity index (χ1v) is 7.66. The Morgan fingerprint density at radius 3 is 2.60 bits per heavy atom. The van der Waals surface area contributed by atoms with Gasteiger partial charge in [0, 0.05) is 12.6 Å². The van der Waals surface area contributed by atoms with Gasteiger partial charge in [-0.2, -0.15) is 13.2 Å². The molecule has 0 bridgehead atoms. The predicted molar refractivity (Wildman–Crippen MR) is 68.1 cm³/mol. The fourth-order valence-corrected chi connectivity index (χ4v) is 3.45. The van der Waals surface area contributed by atoms with Crippen molar-refractivity contribution in [2.75, 3.05) is 13.1 Å². The third-order valence-corrected chi connectivity index (χ3v) is 4.78. The van der Waals surface area contributed by atoms with Crippen LogP contribution in [0.3, 0.4) is 0 Å². The number of sulfonamides is 1. The Morgan fingerprint density at radius 1 is 1.35 bits per heavy atom. The predicted octanol–water partition coefficient (Wildman–Crippen LogP) is 2.00. The Morgan fingerprint density at radius 2 is 2.05 bits per heavy atom. The molecule has 2 N–H and O–H groups in total. The van der Waals surface area contributed by atoms with E-state index in [1.54, 1.807) is 0 Å². The molecule has 0 radical (unpaired) electrons. The van der Waals surface area contributed by atoms with E-state index in [0.717, 1.165) is 12.1 Å². The molecule has 1 atom stereocenters. The Balaban J connectivity index is 2.32. The molecule has 1 unspecified atom stereocenters. The number of alkyl halides is 3. The molecule has 1 aromatic carbocycles. The van der Waals surface area contributed by atoms with Crippen LogP contribution in [0, 0.1) is 0 Å². The molecule has 112 valence electrons. The van der Waals surface area contributed by atoms with Crippen LogP contribution >= 0.6 is 11.6 Å². The molecule has 9 heteroatoms. The highest BCUT2D eigenvalue weighted by molar-refractivity contribution is 7.89. The van der Waals surface area contributed by atoms with Gasteiger partial charge in [-0.05, 0) is 31.2 Å². The summed E-state index contributed by atoms with van der Waals surface area (Å²) in [5.41, 5.74) is -1.16. The molecule has 1 aromatic rings. The smallest absolute Gasteiger partial charge is 0.315 e. The number of nitrogens with one attached hydrogen (secondary N) is 2. The van der Waals surface area contributed by atoms with Crippen molar-refractivity contribution in [2.45, 2.75) is 23.5 Å². The number of hydrogen-bond acceptors (Lipinski definition) is 3. The minimum Gasteiger partial charge on any atom is -0.315 e. The van der Waals surface area contributed by atoms with Gasteiger partial charge in [0.1, 0.15) is 0 Å². The van der Waals surface area contributed by atoms with E-state index in [2.05, 4.69) is 10.0 Å². The van der Waals surface area contributed by atoms with Crippen LogP contribution in [0.2, 0.25) is 5.02 Å². The highest BCUT2D eigenvalue weighted by Gasteiger charge is 2.35. The van der Waals surface area contributed by atoms with Crippen molar-refractivity contribution in [1.82, 2.24) is 10.0 Å². The zero-order valence-corrected chi connectivity index (χ0v) is 11.7. The van der Waals surface area contributed by atoms with Gasteiger partial charge in [0.2, 0.25) is 10.0 Å². The van der Waals surface area contributed by atoms with Gasteiger partial charge >= 0.3 is 6.18 Å². The average molecular weight is 329 g/mol. The molecular weight excluding hydrogens is 317 g/mol. The van der Waals surface area contributed by atoms with Crippen LogP contribution in [0.4, 0.5) is 13.2 Å². The van der Waals surface area contributed by atoms with Gasteiger partial charge in [0.05, 0.1) is 15.5 Å². The minimum atomic E-state index is -4.70. The Hall–Kier alpha value is -0.830. The summed E-state index contributed by atoms with van der Waals surface area (Å²) < 4.78 is 64.6. The standard InChI is InChI=1S/C11H12ClF3N2O2S/c12-10-2-1-8(5-9(10)11(13,14)15)20(18,19)17-7-3-4-16-6-7/h1-2,5,7,16-17H,3-4,6H2. The molecule has 0 aromatic heterocycles. The second-order valence-electron chi connectivity index (χ2n) is 4.45. The first kappa shape index (κ1) is 15.6. The molecule has 0 spiro atoms. The molecule has 1 aliphatic heterocycles. The van der Waals surface area contributed by atoms with E-state index >= 15 is 0 Å². The Labute approximate surface area is 119 Å². The lowest BCUT2D eigenvalue weighted by Crippen LogP contribution is -2.36. The van der Waals surface area contributed by atoms with Crippen molar-refractivity contribution in [3.63, 3.8) is 0 Å². The van der Waals surface area contributed by atoms with Crippen molar-refractivity contribution in [3.05, 3.63) is 28.8 Å². The van der Waals surface area contributed by atoms with Crippen LogP contribution in [0.1, 0.15) is 12.0 Å². The van der Waals surface area contributed by atoms with Crippen molar-refractivity contribution < 1.29 is 21.6 Å². The van der Waals surface area contributed by atoms with Crippen LogP contribution < -0.4 is 10.0 Å². The van der Waals surface area contributed by atoms with E-state index in [-0.39, 0.29) is 6.04 Å². The number of hydrogen-bond donors (Lipinski definition) is 2. The topological polar surface area (TPSA) is 58.2 Å². The second kappa shape index (κ2) is 5.51. The lowest BCUT2D eigenvalue weighted by Gasteiger charge is -2.14. The second-order valence-corrected chi connectivity index (χ2v) is 6.57. The van der Waals surface area contributed by atoms with Crippen LogP contribution in [0.25, 0.3) is 0 Å². The maximum absolute atomic E-state index is 12.7. The van der Waals surface area contributed by atoms with E-state index in [1.165, 1.54) is 0 Å². The summed E-state index contributed by atoms with van der Waals surface area (Å²) in [6.07, 6.45) is -4.10. The summed E-state index contributed by atoms with van der Waals surface area (Å²) in [5, 5.41) is 2.43. The van der Waals surface area contributed by atoms with Gasteiger partial charge in [-0.3, -0.25) is 0 Å².